The van der Waals surface area contributed by atoms with Crippen LogP contribution >= 0.6 is 45.3 Å². The molecule has 0 aliphatic heterocycles. The first-order valence-corrected chi connectivity index (χ1v) is 10.5. The molecule has 2 aromatic carbocycles. The minimum atomic E-state index is 1.37. The molecular weight excluding hydrogens is 344 g/mol. The molecule has 0 saturated carbocycles. The van der Waals surface area contributed by atoms with E-state index in [2.05, 4.69) is 45.8 Å². The molecule has 22 heavy (non-hydrogen) atoms. The van der Waals surface area contributed by atoms with E-state index >= 15 is 0 Å². The first-order chi connectivity index (χ1) is 10.9. The summed E-state index contributed by atoms with van der Waals surface area (Å²) in [6, 6.07) is 9.45. The summed E-state index contributed by atoms with van der Waals surface area (Å²) < 4.78 is 5.75. The highest BCUT2D eigenvalue weighted by Crippen LogP contribution is 2.46. The van der Waals surface area contributed by atoms with Crippen molar-refractivity contribution in [2.24, 2.45) is 0 Å². The second kappa shape index (κ2) is 4.09. The average Bonchev–Trinajstić information content (AvgIpc) is 3.25. The predicted molar refractivity (Wildman–Crippen MR) is 105 cm³/mol. The van der Waals surface area contributed by atoms with Gasteiger partial charge in [-0.3, -0.25) is 0 Å². The van der Waals surface area contributed by atoms with Gasteiger partial charge in [0.05, 0.1) is 9.40 Å². The van der Waals surface area contributed by atoms with Gasteiger partial charge in [-0.25, -0.2) is 0 Å². The van der Waals surface area contributed by atoms with Crippen molar-refractivity contribution in [1.29, 1.82) is 0 Å². The monoisotopic (exact) mass is 352 g/mol. The van der Waals surface area contributed by atoms with Crippen molar-refractivity contribution in [1.82, 2.24) is 0 Å². The molecule has 0 aliphatic carbocycles. The van der Waals surface area contributed by atoms with Crippen LogP contribution in [0.4, 0.5) is 0 Å². The van der Waals surface area contributed by atoms with Crippen LogP contribution < -0.4 is 0 Å². The molecule has 0 bridgehead atoms. The third-order valence-corrected chi connectivity index (χ3v) is 8.33. The molecule has 6 aromatic rings. The highest BCUT2D eigenvalue weighted by molar-refractivity contribution is 7.36. The molecule has 0 atom stereocenters. The topological polar surface area (TPSA) is 0 Å². The highest BCUT2D eigenvalue weighted by atomic mass is 32.1. The zero-order chi connectivity index (χ0) is 14.3. The SMILES string of the molecule is c1scc2cc3c(cc12)sc1c2cc4cscc4cc2sc31. The normalized spacial score (nSPS) is 12.5. The van der Waals surface area contributed by atoms with Crippen LogP contribution in [0.5, 0.6) is 0 Å². The second-order valence-electron chi connectivity index (χ2n) is 5.56. The van der Waals surface area contributed by atoms with Crippen LogP contribution in [0.1, 0.15) is 0 Å². The number of fused-ring (bicyclic) bond motifs is 7. The molecule has 0 fully saturated rings. The summed E-state index contributed by atoms with van der Waals surface area (Å²) in [5.41, 5.74) is 0. The first-order valence-electron chi connectivity index (χ1n) is 6.97. The minimum Gasteiger partial charge on any atom is -0.151 e. The van der Waals surface area contributed by atoms with E-state index in [1.54, 1.807) is 22.7 Å². The molecule has 0 aliphatic rings. The second-order valence-corrected chi connectivity index (χ2v) is 9.15. The highest BCUT2D eigenvalue weighted by Gasteiger charge is 2.14. The molecule has 0 N–H and O–H groups in total. The Morgan fingerprint density at radius 2 is 0.909 bits per heavy atom. The fourth-order valence-electron chi connectivity index (χ4n) is 3.19. The third kappa shape index (κ3) is 1.46. The number of thiophene rings is 4. The number of hydrogen-bond donors (Lipinski definition) is 0. The molecule has 0 saturated heterocycles. The minimum absolute atomic E-state index is 1.37. The van der Waals surface area contributed by atoms with Crippen LogP contribution in [-0.4, -0.2) is 0 Å². The van der Waals surface area contributed by atoms with E-state index in [4.69, 9.17) is 0 Å². The molecule has 0 spiro atoms. The van der Waals surface area contributed by atoms with Gasteiger partial charge in [-0.2, -0.15) is 22.7 Å². The largest absolute Gasteiger partial charge is 0.151 e. The maximum Gasteiger partial charge on any atom is 0.0542 e. The molecule has 0 amide bonds. The number of benzene rings is 2. The van der Waals surface area contributed by atoms with Crippen molar-refractivity contribution >= 4 is 96.5 Å². The average molecular weight is 353 g/mol. The van der Waals surface area contributed by atoms with Crippen LogP contribution in [0, 0.1) is 0 Å². The maximum absolute atomic E-state index is 2.37. The fourth-order valence-corrected chi connectivity index (χ4v) is 7.42. The van der Waals surface area contributed by atoms with Crippen LogP contribution in [0.15, 0.2) is 45.8 Å². The lowest BCUT2D eigenvalue weighted by Crippen LogP contribution is -1.64. The summed E-state index contributed by atoms with van der Waals surface area (Å²) in [5, 5.41) is 17.3. The van der Waals surface area contributed by atoms with Gasteiger partial charge in [0.25, 0.3) is 0 Å². The number of rotatable bonds is 0. The van der Waals surface area contributed by atoms with E-state index in [-0.39, 0.29) is 0 Å². The zero-order valence-corrected chi connectivity index (χ0v) is 14.5. The standard InChI is InChI=1S/C18H8S4/c1-9-5-19-7-11(9)3-15-13(1)17-18(21-15)14-2-10-6-20-8-12(10)4-16(14)22-17/h1-8H. The summed E-state index contributed by atoms with van der Waals surface area (Å²) >= 11 is 7.47. The van der Waals surface area contributed by atoms with Crippen LogP contribution in [0.2, 0.25) is 0 Å². The van der Waals surface area contributed by atoms with Crippen molar-refractivity contribution in [3.63, 3.8) is 0 Å². The molecule has 4 aromatic heterocycles. The van der Waals surface area contributed by atoms with Crippen molar-refractivity contribution in [3.8, 4) is 0 Å². The zero-order valence-electron chi connectivity index (χ0n) is 11.3. The Kier molecular flexibility index (Phi) is 2.23. The van der Waals surface area contributed by atoms with Gasteiger partial charge in [0.1, 0.15) is 0 Å². The molecule has 104 valence electrons. The van der Waals surface area contributed by atoms with E-state index in [0.29, 0.717) is 0 Å². The van der Waals surface area contributed by atoms with Gasteiger partial charge in [-0.05, 0) is 67.3 Å². The molecule has 0 radical (unpaired) electrons. The Balaban J connectivity index is 1.86. The number of hydrogen-bond acceptors (Lipinski definition) is 4. The molecular formula is C18H8S4. The van der Waals surface area contributed by atoms with Crippen molar-refractivity contribution in [3.05, 3.63) is 45.8 Å². The van der Waals surface area contributed by atoms with Gasteiger partial charge < -0.3 is 0 Å². The fraction of sp³-hybridized carbons (Fsp3) is 0. The van der Waals surface area contributed by atoms with Crippen LogP contribution in [-0.2, 0) is 0 Å². The lowest BCUT2D eigenvalue weighted by molar-refractivity contribution is 2.08. The smallest absolute Gasteiger partial charge is 0.0542 e. The summed E-state index contributed by atoms with van der Waals surface area (Å²) in [7, 11) is 0. The van der Waals surface area contributed by atoms with Gasteiger partial charge in [-0.1, -0.05) is 0 Å². The molecule has 6 rings (SSSR count). The van der Waals surface area contributed by atoms with Gasteiger partial charge in [0.15, 0.2) is 0 Å². The third-order valence-electron chi connectivity index (χ3n) is 4.27. The Hall–Kier alpha value is -1.46. The summed E-state index contributed by atoms with van der Waals surface area (Å²) in [5.74, 6) is 0. The lowest BCUT2D eigenvalue weighted by atomic mass is 10.1. The van der Waals surface area contributed by atoms with Gasteiger partial charge in [0, 0.05) is 20.2 Å². The van der Waals surface area contributed by atoms with Crippen molar-refractivity contribution in [2.75, 3.05) is 0 Å². The maximum atomic E-state index is 2.37. The molecule has 4 heteroatoms. The van der Waals surface area contributed by atoms with E-state index < -0.39 is 0 Å². The Morgan fingerprint density at radius 1 is 0.500 bits per heavy atom. The van der Waals surface area contributed by atoms with Crippen molar-refractivity contribution in [2.45, 2.75) is 0 Å². The molecule has 4 heterocycles. The Morgan fingerprint density at radius 3 is 1.36 bits per heavy atom. The molecule has 0 unspecified atom stereocenters. The molecule has 0 nitrogen and oxygen atoms in total. The van der Waals surface area contributed by atoms with Crippen LogP contribution in [0.3, 0.4) is 0 Å². The van der Waals surface area contributed by atoms with E-state index in [9.17, 15) is 0 Å². The van der Waals surface area contributed by atoms with E-state index in [1.807, 2.05) is 22.7 Å². The van der Waals surface area contributed by atoms with E-state index in [0.717, 1.165) is 0 Å². The predicted octanol–water partition coefficient (Wildman–Crippen LogP) is 7.70. The summed E-state index contributed by atoms with van der Waals surface area (Å²) in [4.78, 5) is 0. The first kappa shape index (κ1) is 12.0. The summed E-state index contributed by atoms with van der Waals surface area (Å²) in [6.45, 7) is 0. The van der Waals surface area contributed by atoms with Gasteiger partial charge in [-0.15, -0.1) is 22.7 Å². The van der Waals surface area contributed by atoms with Crippen LogP contribution in [0.25, 0.3) is 51.1 Å². The van der Waals surface area contributed by atoms with Gasteiger partial charge in [0.2, 0.25) is 0 Å². The Bertz CT molecular complexity index is 1220. The quantitative estimate of drug-likeness (QED) is 0.263. The Labute approximate surface area is 141 Å². The lowest BCUT2D eigenvalue weighted by Gasteiger charge is -1.93. The van der Waals surface area contributed by atoms with Crippen molar-refractivity contribution < 1.29 is 0 Å². The van der Waals surface area contributed by atoms with E-state index in [1.165, 1.54) is 51.1 Å². The summed E-state index contributed by atoms with van der Waals surface area (Å²) in [6.07, 6.45) is 0. The van der Waals surface area contributed by atoms with Gasteiger partial charge >= 0.3 is 0 Å².